The summed E-state index contributed by atoms with van der Waals surface area (Å²) in [6.07, 6.45) is 0.859. The Bertz CT molecular complexity index is 402. The molecule has 0 amide bonds. The van der Waals surface area contributed by atoms with Crippen LogP contribution in [-0.4, -0.2) is 19.2 Å². The Hall–Kier alpha value is -1.71. The van der Waals surface area contributed by atoms with Crippen LogP contribution in [0.25, 0.3) is 0 Å². The summed E-state index contributed by atoms with van der Waals surface area (Å²) in [7, 11) is 0. The van der Waals surface area contributed by atoms with Crippen LogP contribution in [0.4, 0.5) is 5.69 Å². The van der Waals surface area contributed by atoms with Gasteiger partial charge in [-0.25, -0.2) is 4.79 Å². The summed E-state index contributed by atoms with van der Waals surface area (Å²) in [6, 6.07) is 4.94. The van der Waals surface area contributed by atoms with E-state index in [4.69, 9.17) is 15.2 Å². The number of nitrogens with two attached hydrogens (primary N) is 1. The van der Waals surface area contributed by atoms with Crippen molar-refractivity contribution >= 4 is 11.7 Å². The highest BCUT2D eigenvalue weighted by Crippen LogP contribution is 2.22. The van der Waals surface area contributed by atoms with Gasteiger partial charge >= 0.3 is 5.97 Å². The average Bonchev–Trinajstić information content (AvgIpc) is 2.31. The molecule has 100 valence electrons. The lowest BCUT2D eigenvalue weighted by molar-refractivity contribution is 0.0488. The van der Waals surface area contributed by atoms with E-state index in [0.29, 0.717) is 36.1 Å². The molecule has 4 heteroatoms. The SMILES string of the molecule is CCOc1ccc(C(=O)OCCC(C)C)cc1N. The van der Waals surface area contributed by atoms with Crippen molar-refractivity contribution in [3.8, 4) is 5.75 Å². The van der Waals surface area contributed by atoms with E-state index in [1.165, 1.54) is 0 Å². The highest BCUT2D eigenvalue weighted by molar-refractivity contribution is 5.91. The molecule has 1 aromatic rings. The van der Waals surface area contributed by atoms with Gasteiger partial charge in [-0.2, -0.15) is 0 Å². The molecule has 1 rings (SSSR count). The van der Waals surface area contributed by atoms with Gasteiger partial charge in [0.15, 0.2) is 0 Å². The number of carbonyl (C=O) groups excluding carboxylic acids is 1. The second-order valence-electron chi connectivity index (χ2n) is 4.50. The van der Waals surface area contributed by atoms with Crippen molar-refractivity contribution in [3.05, 3.63) is 23.8 Å². The highest BCUT2D eigenvalue weighted by Gasteiger charge is 2.10. The van der Waals surface area contributed by atoms with Crippen molar-refractivity contribution in [2.45, 2.75) is 27.2 Å². The zero-order valence-electron chi connectivity index (χ0n) is 11.2. The Kier molecular flexibility index (Phi) is 5.49. The molecule has 0 spiro atoms. The predicted molar refractivity (Wildman–Crippen MR) is 71.8 cm³/mol. The Balaban J connectivity index is 2.61. The lowest BCUT2D eigenvalue weighted by Gasteiger charge is -2.09. The van der Waals surface area contributed by atoms with Gasteiger partial charge in [-0.3, -0.25) is 0 Å². The van der Waals surface area contributed by atoms with Gasteiger partial charge in [0.05, 0.1) is 24.5 Å². The van der Waals surface area contributed by atoms with Crippen molar-refractivity contribution in [3.63, 3.8) is 0 Å². The van der Waals surface area contributed by atoms with Crippen LogP contribution < -0.4 is 10.5 Å². The fraction of sp³-hybridized carbons (Fsp3) is 0.500. The zero-order valence-corrected chi connectivity index (χ0v) is 11.2. The van der Waals surface area contributed by atoms with Gasteiger partial charge in [0.25, 0.3) is 0 Å². The predicted octanol–water partition coefficient (Wildman–Crippen LogP) is 2.87. The third kappa shape index (κ3) is 4.28. The fourth-order valence-electron chi connectivity index (χ4n) is 1.43. The standard InChI is InChI=1S/C14H21NO3/c1-4-17-13-6-5-11(9-12(13)15)14(16)18-8-7-10(2)3/h5-6,9-10H,4,7-8,15H2,1-3H3. The minimum absolute atomic E-state index is 0.342. The van der Waals surface area contributed by atoms with Gasteiger partial charge in [-0.05, 0) is 37.5 Å². The van der Waals surface area contributed by atoms with E-state index in [9.17, 15) is 4.79 Å². The summed E-state index contributed by atoms with van der Waals surface area (Å²) in [4.78, 5) is 11.7. The lowest BCUT2D eigenvalue weighted by atomic mass is 10.1. The fourth-order valence-corrected chi connectivity index (χ4v) is 1.43. The van der Waals surface area contributed by atoms with Crippen LogP contribution in [0.2, 0.25) is 0 Å². The molecule has 1 aromatic carbocycles. The van der Waals surface area contributed by atoms with Gasteiger partial charge in [-0.1, -0.05) is 13.8 Å². The molecule has 0 aliphatic rings. The topological polar surface area (TPSA) is 61.5 Å². The van der Waals surface area contributed by atoms with Crippen molar-refractivity contribution in [1.29, 1.82) is 0 Å². The molecule has 0 saturated carbocycles. The number of carbonyl (C=O) groups is 1. The number of benzene rings is 1. The number of nitrogen functional groups attached to an aromatic ring is 1. The summed E-state index contributed by atoms with van der Waals surface area (Å²) in [5.41, 5.74) is 6.70. The van der Waals surface area contributed by atoms with E-state index in [2.05, 4.69) is 13.8 Å². The number of esters is 1. The molecule has 0 radical (unpaired) electrons. The molecule has 4 nitrogen and oxygen atoms in total. The normalized spacial score (nSPS) is 10.4. The summed E-state index contributed by atoms with van der Waals surface area (Å²) in [5.74, 6) is 0.768. The second-order valence-corrected chi connectivity index (χ2v) is 4.50. The number of hydrogen-bond donors (Lipinski definition) is 1. The average molecular weight is 251 g/mol. The summed E-state index contributed by atoms with van der Waals surface area (Å²) < 4.78 is 10.5. The van der Waals surface area contributed by atoms with E-state index in [-0.39, 0.29) is 5.97 Å². The maximum Gasteiger partial charge on any atom is 0.338 e. The first-order chi connectivity index (χ1) is 8.54. The van der Waals surface area contributed by atoms with E-state index in [1.54, 1.807) is 18.2 Å². The molecule has 0 aromatic heterocycles. The molecule has 0 aliphatic heterocycles. The van der Waals surface area contributed by atoms with Gasteiger partial charge < -0.3 is 15.2 Å². The lowest BCUT2D eigenvalue weighted by Crippen LogP contribution is -2.09. The van der Waals surface area contributed by atoms with Crippen LogP contribution in [-0.2, 0) is 4.74 Å². The van der Waals surface area contributed by atoms with Crippen molar-refractivity contribution in [2.24, 2.45) is 5.92 Å². The molecule has 0 atom stereocenters. The third-order valence-corrected chi connectivity index (χ3v) is 2.47. The molecule has 0 heterocycles. The molecule has 0 unspecified atom stereocenters. The van der Waals surface area contributed by atoms with Crippen molar-refractivity contribution in [1.82, 2.24) is 0 Å². The Morgan fingerprint density at radius 1 is 1.39 bits per heavy atom. The Labute approximate surface area is 108 Å². The first-order valence-corrected chi connectivity index (χ1v) is 6.24. The van der Waals surface area contributed by atoms with Gasteiger partial charge in [0.2, 0.25) is 0 Å². The molecule has 18 heavy (non-hydrogen) atoms. The summed E-state index contributed by atoms with van der Waals surface area (Å²) in [6.45, 7) is 7.03. The zero-order chi connectivity index (χ0) is 13.5. The van der Waals surface area contributed by atoms with Crippen LogP contribution in [0.15, 0.2) is 18.2 Å². The Morgan fingerprint density at radius 2 is 2.11 bits per heavy atom. The number of anilines is 1. The number of rotatable bonds is 6. The Morgan fingerprint density at radius 3 is 2.67 bits per heavy atom. The van der Waals surface area contributed by atoms with E-state index >= 15 is 0 Å². The third-order valence-electron chi connectivity index (χ3n) is 2.47. The van der Waals surface area contributed by atoms with Crippen LogP contribution in [0.3, 0.4) is 0 Å². The van der Waals surface area contributed by atoms with Gasteiger partial charge in [-0.15, -0.1) is 0 Å². The maximum atomic E-state index is 11.7. The molecular weight excluding hydrogens is 230 g/mol. The molecule has 0 saturated heterocycles. The summed E-state index contributed by atoms with van der Waals surface area (Å²) >= 11 is 0. The van der Waals surface area contributed by atoms with Crippen LogP contribution in [0.5, 0.6) is 5.75 Å². The van der Waals surface area contributed by atoms with Crippen LogP contribution in [0, 0.1) is 5.92 Å². The van der Waals surface area contributed by atoms with E-state index in [0.717, 1.165) is 6.42 Å². The molecule has 0 aliphatic carbocycles. The van der Waals surface area contributed by atoms with Crippen LogP contribution >= 0.6 is 0 Å². The largest absolute Gasteiger partial charge is 0.492 e. The monoisotopic (exact) mass is 251 g/mol. The molecule has 0 bridgehead atoms. The first kappa shape index (κ1) is 14.4. The van der Waals surface area contributed by atoms with Gasteiger partial charge in [0, 0.05) is 0 Å². The highest BCUT2D eigenvalue weighted by atomic mass is 16.5. The van der Waals surface area contributed by atoms with Crippen LogP contribution in [0.1, 0.15) is 37.6 Å². The number of hydrogen-bond acceptors (Lipinski definition) is 4. The number of ether oxygens (including phenoxy) is 2. The summed E-state index contributed by atoms with van der Waals surface area (Å²) in [5, 5.41) is 0. The molecular formula is C14H21NO3. The van der Waals surface area contributed by atoms with E-state index < -0.39 is 0 Å². The van der Waals surface area contributed by atoms with E-state index in [1.807, 2.05) is 6.92 Å². The van der Waals surface area contributed by atoms with Gasteiger partial charge in [0.1, 0.15) is 5.75 Å². The maximum absolute atomic E-state index is 11.7. The van der Waals surface area contributed by atoms with Crippen molar-refractivity contribution in [2.75, 3.05) is 18.9 Å². The minimum atomic E-state index is -0.342. The van der Waals surface area contributed by atoms with Crippen molar-refractivity contribution < 1.29 is 14.3 Å². The quantitative estimate of drug-likeness (QED) is 0.623. The smallest absolute Gasteiger partial charge is 0.338 e. The first-order valence-electron chi connectivity index (χ1n) is 6.24. The molecule has 2 N–H and O–H groups in total. The molecule has 0 fully saturated rings. The minimum Gasteiger partial charge on any atom is -0.492 e. The second kappa shape index (κ2) is 6.89.